The molecule has 1 aromatic carbocycles. The molecule has 0 aliphatic rings. The Hall–Kier alpha value is -1.18. The zero-order valence-corrected chi connectivity index (χ0v) is 9.46. The molecule has 0 saturated carbocycles. The molecule has 0 aliphatic carbocycles. The van der Waals surface area contributed by atoms with Crippen LogP contribution in [-0.2, 0) is 11.2 Å². The van der Waals surface area contributed by atoms with E-state index in [4.69, 9.17) is 0 Å². The topological polar surface area (TPSA) is 17.1 Å². The van der Waals surface area contributed by atoms with Crippen molar-refractivity contribution in [2.75, 3.05) is 0 Å². The van der Waals surface area contributed by atoms with Gasteiger partial charge in [-0.25, -0.2) is 4.39 Å². The first-order valence-electron chi connectivity index (χ1n) is 5.28. The molecule has 0 bridgehead atoms. The second-order valence-electron chi connectivity index (χ2n) is 4.30. The Morgan fingerprint density at radius 3 is 2.20 bits per heavy atom. The highest BCUT2D eigenvalue weighted by Gasteiger charge is 2.16. The summed E-state index contributed by atoms with van der Waals surface area (Å²) in [7, 11) is 0. The predicted molar refractivity (Wildman–Crippen MR) is 59.1 cm³/mol. The Morgan fingerprint density at radius 2 is 1.73 bits per heavy atom. The van der Waals surface area contributed by atoms with Gasteiger partial charge in [0.05, 0.1) is 0 Å². The molecular formula is C13H17FO. The molecule has 15 heavy (non-hydrogen) atoms. The number of hydrogen-bond acceptors (Lipinski definition) is 1. The van der Waals surface area contributed by atoms with Gasteiger partial charge in [0.15, 0.2) is 0 Å². The highest BCUT2D eigenvalue weighted by molar-refractivity contribution is 5.83. The van der Waals surface area contributed by atoms with Crippen molar-refractivity contribution >= 4 is 5.78 Å². The van der Waals surface area contributed by atoms with Crippen molar-refractivity contribution < 1.29 is 9.18 Å². The van der Waals surface area contributed by atoms with Gasteiger partial charge in [-0.3, -0.25) is 4.79 Å². The molecule has 2 heteroatoms. The maximum absolute atomic E-state index is 12.6. The second-order valence-corrected chi connectivity index (χ2v) is 4.30. The molecule has 1 nitrogen and oxygen atoms in total. The van der Waals surface area contributed by atoms with Crippen LogP contribution in [0.3, 0.4) is 0 Å². The van der Waals surface area contributed by atoms with E-state index in [1.54, 1.807) is 12.1 Å². The molecule has 1 rings (SSSR count). The summed E-state index contributed by atoms with van der Waals surface area (Å²) in [6.45, 7) is 6.01. The number of carbonyl (C=O) groups excluding carboxylic acids is 1. The van der Waals surface area contributed by atoms with Gasteiger partial charge < -0.3 is 0 Å². The first-order valence-corrected chi connectivity index (χ1v) is 5.28. The maximum atomic E-state index is 12.6. The van der Waals surface area contributed by atoms with Crippen molar-refractivity contribution in [2.24, 2.45) is 11.8 Å². The molecular weight excluding hydrogens is 191 g/mol. The normalized spacial score (nSPS) is 12.9. The Kier molecular flexibility index (Phi) is 4.01. The SMILES string of the molecule is CC(C)C(C)C(=O)Cc1ccc(F)cc1. The van der Waals surface area contributed by atoms with Gasteiger partial charge in [-0.1, -0.05) is 32.9 Å². The number of ketones is 1. The van der Waals surface area contributed by atoms with Crippen molar-refractivity contribution in [1.82, 2.24) is 0 Å². The highest BCUT2D eigenvalue weighted by Crippen LogP contribution is 2.14. The average Bonchev–Trinajstić information content (AvgIpc) is 2.20. The molecule has 1 unspecified atom stereocenters. The number of Topliss-reactive ketones (excluding diaryl/α,β-unsaturated/α-hetero) is 1. The van der Waals surface area contributed by atoms with Crippen LogP contribution in [0.15, 0.2) is 24.3 Å². The zero-order valence-electron chi connectivity index (χ0n) is 9.46. The smallest absolute Gasteiger partial charge is 0.140 e. The van der Waals surface area contributed by atoms with Crippen LogP contribution in [0.4, 0.5) is 4.39 Å². The largest absolute Gasteiger partial charge is 0.299 e. The van der Waals surface area contributed by atoms with Crippen molar-refractivity contribution in [3.05, 3.63) is 35.6 Å². The van der Waals surface area contributed by atoms with Crippen LogP contribution in [0, 0.1) is 17.7 Å². The third kappa shape index (κ3) is 3.46. The number of carbonyl (C=O) groups is 1. The zero-order chi connectivity index (χ0) is 11.4. The Balaban J connectivity index is 2.62. The fourth-order valence-corrected chi connectivity index (χ4v) is 1.34. The Bertz CT molecular complexity index is 327. The van der Waals surface area contributed by atoms with Crippen molar-refractivity contribution in [3.8, 4) is 0 Å². The molecule has 0 N–H and O–H groups in total. The van der Waals surface area contributed by atoms with E-state index in [2.05, 4.69) is 0 Å². The lowest BCUT2D eigenvalue weighted by atomic mass is 9.90. The monoisotopic (exact) mass is 208 g/mol. The van der Waals surface area contributed by atoms with Gasteiger partial charge in [0, 0.05) is 12.3 Å². The molecule has 0 saturated heterocycles. The molecule has 0 amide bonds. The van der Waals surface area contributed by atoms with E-state index in [1.165, 1.54) is 12.1 Å². The minimum atomic E-state index is -0.261. The fraction of sp³-hybridized carbons (Fsp3) is 0.462. The third-order valence-corrected chi connectivity index (χ3v) is 2.80. The summed E-state index contributed by atoms with van der Waals surface area (Å²) in [5, 5.41) is 0. The number of benzene rings is 1. The van der Waals surface area contributed by atoms with E-state index in [0.717, 1.165) is 5.56 Å². The van der Waals surface area contributed by atoms with Crippen LogP contribution in [0.1, 0.15) is 26.3 Å². The lowest BCUT2D eigenvalue weighted by Crippen LogP contribution is -2.18. The van der Waals surface area contributed by atoms with Crippen LogP contribution in [0.5, 0.6) is 0 Å². The van der Waals surface area contributed by atoms with Gasteiger partial charge >= 0.3 is 0 Å². The lowest BCUT2D eigenvalue weighted by molar-refractivity contribution is -0.122. The van der Waals surface area contributed by atoms with E-state index < -0.39 is 0 Å². The van der Waals surface area contributed by atoms with E-state index in [1.807, 2.05) is 20.8 Å². The fourth-order valence-electron chi connectivity index (χ4n) is 1.34. The molecule has 1 aromatic rings. The van der Waals surface area contributed by atoms with Gasteiger partial charge in [-0.05, 0) is 23.6 Å². The van der Waals surface area contributed by atoms with E-state index in [-0.39, 0.29) is 17.5 Å². The van der Waals surface area contributed by atoms with Crippen LogP contribution in [0.25, 0.3) is 0 Å². The van der Waals surface area contributed by atoms with Gasteiger partial charge in [0.25, 0.3) is 0 Å². The summed E-state index contributed by atoms with van der Waals surface area (Å²) >= 11 is 0. The summed E-state index contributed by atoms with van der Waals surface area (Å²) in [5.41, 5.74) is 0.883. The van der Waals surface area contributed by atoms with Crippen molar-refractivity contribution in [3.63, 3.8) is 0 Å². The summed E-state index contributed by atoms with van der Waals surface area (Å²) in [4.78, 5) is 11.7. The molecule has 0 heterocycles. The molecule has 0 spiro atoms. The van der Waals surface area contributed by atoms with Crippen LogP contribution >= 0.6 is 0 Å². The number of hydrogen-bond donors (Lipinski definition) is 0. The van der Waals surface area contributed by atoms with Gasteiger partial charge in [0.1, 0.15) is 11.6 Å². The van der Waals surface area contributed by atoms with E-state index in [0.29, 0.717) is 12.3 Å². The molecule has 0 aliphatic heterocycles. The molecule has 0 aromatic heterocycles. The van der Waals surface area contributed by atoms with Gasteiger partial charge in [-0.2, -0.15) is 0 Å². The summed E-state index contributed by atoms with van der Waals surface area (Å²) in [6, 6.07) is 6.12. The van der Waals surface area contributed by atoms with Gasteiger partial charge in [0.2, 0.25) is 0 Å². The minimum Gasteiger partial charge on any atom is -0.299 e. The Morgan fingerprint density at radius 1 is 1.20 bits per heavy atom. The first-order chi connectivity index (χ1) is 7.00. The third-order valence-electron chi connectivity index (χ3n) is 2.80. The van der Waals surface area contributed by atoms with Crippen LogP contribution in [0.2, 0.25) is 0 Å². The summed E-state index contributed by atoms with van der Waals surface area (Å²) in [5.74, 6) is 0.382. The molecule has 82 valence electrons. The summed E-state index contributed by atoms with van der Waals surface area (Å²) in [6.07, 6.45) is 0.402. The quantitative estimate of drug-likeness (QED) is 0.742. The van der Waals surface area contributed by atoms with E-state index >= 15 is 0 Å². The summed E-state index contributed by atoms with van der Waals surface area (Å²) < 4.78 is 12.6. The lowest BCUT2D eigenvalue weighted by Gasteiger charge is -2.13. The van der Waals surface area contributed by atoms with E-state index in [9.17, 15) is 9.18 Å². The minimum absolute atomic E-state index is 0.0649. The molecule has 0 radical (unpaired) electrons. The Labute approximate surface area is 90.3 Å². The second kappa shape index (κ2) is 5.06. The van der Waals surface area contributed by atoms with Crippen molar-refractivity contribution in [2.45, 2.75) is 27.2 Å². The molecule has 0 fully saturated rings. The molecule has 1 atom stereocenters. The van der Waals surface area contributed by atoms with Crippen molar-refractivity contribution in [1.29, 1.82) is 0 Å². The van der Waals surface area contributed by atoms with Crippen LogP contribution in [-0.4, -0.2) is 5.78 Å². The standard InChI is InChI=1S/C13H17FO/c1-9(2)10(3)13(15)8-11-4-6-12(14)7-5-11/h4-7,9-10H,8H2,1-3H3. The van der Waals surface area contributed by atoms with Crippen LogP contribution < -0.4 is 0 Å². The number of halogens is 1. The highest BCUT2D eigenvalue weighted by atomic mass is 19.1. The van der Waals surface area contributed by atoms with Gasteiger partial charge in [-0.15, -0.1) is 0 Å². The number of rotatable bonds is 4. The maximum Gasteiger partial charge on any atom is 0.140 e. The first kappa shape index (κ1) is 11.9. The average molecular weight is 208 g/mol. The predicted octanol–water partition coefficient (Wildman–Crippen LogP) is 3.23.